The minimum atomic E-state index is -4.09. The molecule has 2 fully saturated rings. The van der Waals surface area contributed by atoms with Crippen LogP contribution < -0.4 is 4.31 Å². The minimum absolute atomic E-state index is 0.0350. The molecule has 1 spiro atoms. The maximum Gasteiger partial charge on any atom is 0.264 e. The first-order valence-electron chi connectivity index (χ1n) is 9.95. The van der Waals surface area contributed by atoms with Crippen LogP contribution >= 0.6 is 0 Å². The fraction of sp³-hybridized carbons (Fsp3) is 0.429. The lowest BCUT2D eigenvalue weighted by molar-refractivity contribution is 0.300. The van der Waals surface area contributed by atoms with Crippen LogP contribution in [0.25, 0.3) is 0 Å². The Hall–Kier alpha value is -2.00. The predicted octanol–water partition coefficient (Wildman–Crippen LogP) is 3.40. The van der Waals surface area contributed by atoms with Gasteiger partial charge in [-0.05, 0) is 68.0 Å². The molecule has 9 heteroatoms. The molecule has 1 saturated carbocycles. The molecule has 3 aliphatic rings. The van der Waals surface area contributed by atoms with Crippen molar-refractivity contribution in [3.05, 3.63) is 59.7 Å². The van der Waals surface area contributed by atoms with Crippen molar-refractivity contribution in [3.63, 3.8) is 0 Å². The largest absolute Gasteiger partial charge is 0.264 e. The van der Waals surface area contributed by atoms with Gasteiger partial charge in [-0.1, -0.05) is 6.07 Å². The standard InChI is InChI=1S/C21H21F2NO4S2/c22-15-6-8-16(9-7-15)30(27,28)24-18-3-1-2-17(23)19(18)21(20(24)14-4-5-14)10-12-29(25,26)13-11-21/h1-3,6-9,14,20H,4-5,10-13H2. The van der Waals surface area contributed by atoms with Crippen LogP contribution in [0.4, 0.5) is 14.5 Å². The number of anilines is 1. The van der Waals surface area contributed by atoms with Gasteiger partial charge in [-0.25, -0.2) is 25.6 Å². The lowest BCUT2D eigenvalue weighted by Gasteiger charge is -2.41. The molecule has 2 aromatic rings. The smallest absolute Gasteiger partial charge is 0.262 e. The van der Waals surface area contributed by atoms with E-state index in [0.717, 1.165) is 25.0 Å². The average Bonchev–Trinajstić information content (AvgIpc) is 3.48. The van der Waals surface area contributed by atoms with Gasteiger partial charge in [-0.15, -0.1) is 0 Å². The van der Waals surface area contributed by atoms with Gasteiger partial charge < -0.3 is 0 Å². The van der Waals surface area contributed by atoms with E-state index < -0.39 is 43.0 Å². The summed E-state index contributed by atoms with van der Waals surface area (Å²) >= 11 is 0. The van der Waals surface area contributed by atoms with Crippen LogP contribution in [0.5, 0.6) is 0 Å². The maximum absolute atomic E-state index is 15.2. The molecule has 2 heterocycles. The van der Waals surface area contributed by atoms with E-state index in [1.165, 1.54) is 28.6 Å². The van der Waals surface area contributed by atoms with Crippen molar-refractivity contribution in [2.24, 2.45) is 5.92 Å². The monoisotopic (exact) mass is 453 g/mol. The Morgan fingerprint density at radius 1 is 0.967 bits per heavy atom. The molecule has 1 aliphatic carbocycles. The highest BCUT2D eigenvalue weighted by Crippen LogP contribution is 2.59. The molecule has 0 bridgehead atoms. The van der Waals surface area contributed by atoms with E-state index in [1.807, 2.05) is 0 Å². The van der Waals surface area contributed by atoms with E-state index in [2.05, 4.69) is 0 Å². The zero-order valence-corrected chi connectivity index (χ0v) is 17.7. The summed E-state index contributed by atoms with van der Waals surface area (Å²) in [6, 6.07) is 8.43. The first-order valence-corrected chi connectivity index (χ1v) is 13.2. The number of sulfonamides is 1. The van der Waals surface area contributed by atoms with Gasteiger partial charge in [0.1, 0.15) is 21.5 Å². The topological polar surface area (TPSA) is 71.5 Å². The molecule has 2 aliphatic heterocycles. The van der Waals surface area contributed by atoms with Crippen molar-refractivity contribution in [1.29, 1.82) is 0 Å². The summed E-state index contributed by atoms with van der Waals surface area (Å²) in [5, 5.41) is 0. The Labute approximate surface area is 174 Å². The summed E-state index contributed by atoms with van der Waals surface area (Å²) in [6.07, 6.45) is 2.01. The average molecular weight is 454 g/mol. The molecule has 2 aromatic carbocycles. The molecule has 0 N–H and O–H groups in total. The van der Waals surface area contributed by atoms with Crippen LogP contribution in [0.2, 0.25) is 0 Å². The van der Waals surface area contributed by atoms with Crippen molar-refractivity contribution < 1.29 is 25.6 Å². The summed E-state index contributed by atoms with van der Waals surface area (Å²) in [4.78, 5) is -0.0646. The highest BCUT2D eigenvalue weighted by molar-refractivity contribution is 7.93. The van der Waals surface area contributed by atoms with Gasteiger partial charge >= 0.3 is 0 Å². The van der Waals surface area contributed by atoms with Gasteiger partial charge in [-0.3, -0.25) is 4.31 Å². The van der Waals surface area contributed by atoms with Crippen molar-refractivity contribution in [3.8, 4) is 0 Å². The van der Waals surface area contributed by atoms with E-state index in [-0.39, 0.29) is 40.8 Å². The van der Waals surface area contributed by atoms with Crippen molar-refractivity contribution in [2.45, 2.75) is 42.0 Å². The molecular weight excluding hydrogens is 432 g/mol. The fourth-order valence-corrected chi connectivity index (χ4v) is 8.56. The number of rotatable bonds is 3. The van der Waals surface area contributed by atoms with E-state index >= 15 is 4.39 Å². The van der Waals surface area contributed by atoms with Gasteiger partial charge in [0.25, 0.3) is 10.0 Å². The number of hydrogen-bond acceptors (Lipinski definition) is 4. The predicted molar refractivity (Wildman–Crippen MR) is 109 cm³/mol. The zero-order chi connectivity index (χ0) is 21.3. The zero-order valence-electron chi connectivity index (χ0n) is 16.1. The van der Waals surface area contributed by atoms with Crippen molar-refractivity contribution in [1.82, 2.24) is 0 Å². The van der Waals surface area contributed by atoms with E-state index in [9.17, 15) is 21.2 Å². The van der Waals surface area contributed by atoms with Crippen LogP contribution in [0.15, 0.2) is 47.4 Å². The number of hydrogen-bond donors (Lipinski definition) is 0. The third-order valence-corrected chi connectivity index (χ3v) is 10.2. The van der Waals surface area contributed by atoms with Crippen LogP contribution in [0.3, 0.4) is 0 Å². The third kappa shape index (κ3) is 2.89. The first-order chi connectivity index (χ1) is 14.2. The molecule has 1 saturated heterocycles. The summed E-state index contributed by atoms with van der Waals surface area (Å²) < 4.78 is 81.5. The van der Waals surface area contributed by atoms with E-state index in [4.69, 9.17) is 0 Å². The minimum Gasteiger partial charge on any atom is -0.262 e. The highest BCUT2D eigenvalue weighted by atomic mass is 32.2. The quantitative estimate of drug-likeness (QED) is 0.714. The summed E-state index contributed by atoms with van der Waals surface area (Å²) in [5.74, 6) is -1.19. The van der Waals surface area contributed by atoms with Gasteiger partial charge in [0.15, 0.2) is 0 Å². The van der Waals surface area contributed by atoms with Gasteiger partial charge in [0.05, 0.1) is 28.1 Å². The second-order valence-electron chi connectivity index (χ2n) is 8.48. The Kier molecular flexibility index (Phi) is 4.32. The van der Waals surface area contributed by atoms with Gasteiger partial charge in [-0.2, -0.15) is 0 Å². The lowest BCUT2D eigenvalue weighted by atomic mass is 9.70. The lowest BCUT2D eigenvalue weighted by Crippen LogP contribution is -2.52. The number of sulfone groups is 1. The second-order valence-corrected chi connectivity index (χ2v) is 12.6. The van der Waals surface area contributed by atoms with Crippen molar-refractivity contribution in [2.75, 3.05) is 15.8 Å². The summed E-state index contributed by atoms with van der Waals surface area (Å²) in [6.45, 7) is 0. The molecule has 1 atom stereocenters. The van der Waals surface area contributed by atoms with Crippen LogP contribution in [0, 0.1) is 17.6 Å². The highest BCUT2D eigenvalue weighted by Gasteiger charge is 2.61. The SMILES string of the molecule is O=S1(=O)CCC2(CC1)c1c(F)cccc1N(S(=O)(=O)c1ccc(F)cc1)C2C1CC1. The first kappa shape index (κ1) is 19.9. The number of halogens is 2. The molecule has 0 radical (unpaired) electrons. The Morgan fingerprint density at radius 3 is 2.20 bits per heavy atom. The fourth-order valence-electron chi connectivity index (χ4n) is 5.21. The maximum atomic E-state index is 15.2. The van der Waals surface area contributed by atoms with Gasteiger partial charge in [0, 0.05) is 11.0 Å². The van der Waals surface area contributed by atoms with Crippen LogP contribution in [-0.4, -0.2) is 34.4 Å². The van der Waals surface area contributed by atoms with Crippen molar-refractivity contribution >= 4 is 25.5 Å². The number of benzene rings is 2. The molecule has 1 unspecified atom stereocenters. The number of nitrogens with zero attached hydrogens (tertiary/aromatic N) is 1. The Bertz CT molecular complexity index is 1210. The summed E-state index contributed by atoms with van der Waals surface area (Å²) in [7, 11) is -7.33. The van der Waals surface area contributed by atoms with E-state index in [1.54, 1.807) is 6.07 Å². The van der Waals surface area contributed by atoms with Gasteiger partial charge in [0.2, 0.25) is 0 Å². The molecular formula is C21H21F2NO4S2. The Morgan fingerprint density at radius 2 is 1.60 bits per heavy atom. The Balaban J connectivity index is 1.72. The van der Waals surface area contributed by atoms with Crippen LogP contribution in [-0.2, 0) is 25.3 Å². The molecule has 5 nitrogen and oxygen atoms in total. The molecule has 30 heavy (non-hydrogen) atoms. The molecule has 5 rings (SSSR count). The molecule has 160 valence electrons. The normalized spacial score (nSPS) is 24.7. The van der Waals surface area contributed by atoms with E-state index in [0.29, 0.717) is 5.56 Å². The third-order valence-electron chi connectivity index (χ3n) is 6.70. The molecule has 0 amide bonds. The van der Waals surface area contributed by atoms with Crippen LogP contribution in [0.1, 0.15) is 31.2 Å². The second kappa shape index (κ2) is 6.50. The number of fused-ring (bicyclic) bond motifs is 2. The molecule has 0 aromatic heterocycles. The summed E-state index contributed by atoms with van der Waals surface area (Å²) in [5.41, 5.74) is -0.293.